The first-order valence-electron chi connectivity index (χ1n) is 8.19. The fraction of sp³-hybridized carbons (Fsp3) is 0.0833. The van der Waals surface area contributed by atoms with Gasteiger partial charge in [0, 0.05) is 22.3 Å². The number of benzene rings is 3. The molecule has 3 rings (SSSR count). The van der Waals surface area contributed by atoms with Crippen LogP contribution in [0.5, 0.6) is 11.5 Å². The molecule has 0 heterocycles. The van der Waals surface area contributed by atoms with E-state index in [1.807, 2.05) is 72.8 Å². The molecule has 0 atom stereocenters. The molecule has 0 aliphatic rings. The van der Waals surface area contributed by atoms with Crippen LogP contribution in [0, 0.1) is 23.7 Å². The van der Waals surface area contributed by atoms with Crippen molar-refractivity contribution in [3.8, 4) is 35.2 Å². The van der Waals surface area contributed by atoms with E-state index in [0.717, 1.165) is 22.3 Å². The minimum absolute atomic E-state index is 0.668. The van der Waals surface area contributed by atoms with Gasteiger partial charge in [0.15, 0.2) is 11.5 Å². The summed E-state index contributed by atoms with van der Waals surface area (Å²) in [7, 11) is 3.23. The molecule has 126 valence electrons. The Morgan fingerprint density at radius 2 is 1.04 bits per heavy atom. The second-order valence-corrected chi connectivity index (χ2v) is 5.52. The number of hydrogen-bond donors (Lipinski definition) is 0. The predicted molar refractivity (Wildman–Crippen MR) is 104 cm³/mol. The van der Waals surface area contributed by atoms with Crippen molar-refractivity contribution in [1.29, 1.82) is 0 Å². The Balaban J connectivity index is 1.82. The fourth-order valence-corrected chi connectivity index (χ4v) is 2.40. The second kappa shape index (κ2) is 8.47. The number of rotatable bonds is 2. The van der Waals surface area contributed by atoms with Crippen molar-refractivity contribution in [2.75, 3.05) is 14.2 Å². The highest BCUT2D eigenvalue weighted by molar-refractivity contribution is 5.52. The van der Waals surface area contributed by atoms with Crippen molar-refractivity contribution in [2.24, 2.45) is 0 Å². The average molecular weight is 338 g/mol. The quantitative estimate of drug-likeness (QED) is 0.640. The van der Waals surface area contributed by atoms with Crippen LogP contribution in [-0.2, 0) is 0 Å². The zero-order valence-corrected chi connectivity index (χ0v) is 14.7. The number of methoxy groups -OCH3 is 2. The summed E-state index contributed by atoms with van der Waals surface area (Å²) in [6.07, 6.45) is 0. The van der Waals surface area contributed by atoms with Crippen molar-refractivity contribution in [2.45, 2.75) is 0 Å². The Morgan fingerprint density at radius 3 is 1.65 bits per heavy atom. The number of hydrogen-bond acceptors (Lipinski definition) is 2. The van der Waals surface area contributed by atoms with E-state index < -0.39 is 0 Å². The van der Waals surface area contributed by atoms with Gasteiger partial charge in [-0.1, -0.05) is 47.9 Å². The van der Waals surface area contributed by atoms with Gasteiger partial charge in [0.2, 0.25) is 0 Å². The molecule has 0 saturated carbocycles. The lowest BCUT2D eigenvalue weighted by molar-refractivity contribution is 0.355. The van der Waals surface area contributed by atoms with Gasteiger partial charge >= 0.3 is 0 Å². The summed E-state index contributed by atoms with van der Waals surface area (Å²) in [5, 5.41) is 0. The highest BCUT2D eigenvalue weighted by Crippen LogP contribution is 2.27. The van der Waals surface area contributed by atoms with Crippen LogP contribution in [0.15, 0.2) is 72.8 Å². The normalized spacial score (nSPS) is 9.31. The third-order valence-electron chi connectivity index (χ3n) is 3.72. The maximum Gasteiger partial charge on any atom is 0.161 e. The minimum Gasteiger partial charge on any atom is -0.493 e. The molecule has 0 aliphatic heterocycles. The van der Waals surface area contributed by atoms with E-state index in [9.17, 15) is 0 Å². The molecule has 0 aromatic heterocycles. The van der Waals surface area contributed by atoms with Crippen LogP contribution >= 0.6 is 0 Å². The molecule has 0 amide bonds. The first kappa shape index (κ1) is 17.2. The topological polar surface area (TPSA) is 18.5 Å². The lowest BCUT2D eigenvalue weighted by atomic mass is 10.1. The third kappa shape index (κ3) is 4.47. The first-order valence-corrected chi connectivity index (χ1v) is 8.19. The van der Waals surface area contributed by atoms with Gasteiger partial charge in [0.05, 0.1) is 14.2 Å². The second-order valence-electron chi connectivity index (χ2n) is 5.52. The van der Waals surface area contributed by atoms with Crippen molar-refractivity contribution >= 4 is 0 Å². The summed E-state index contributed by atoms with van der Waals surface area (Å²) in [5.74, 6) is 14.0. The average Bonchev–Trinajstić information content (AvgIpc) is 2.71. The molecule has 3 aromatic carbocycles. The molecule has 0 radical (unpaired) electrons. The standard InChI is InChI=1S/C24H18O2/c1-25-23-16-15-22(18-24(23)26-2)14-13-21-10-6-9-20(17-21)12-11-19-7-4-3-5-8-19/h3-10,15-18H,1-2H3. The van der Waals surface area contributed by atoms with Crippen LogP contribution in [0.3, 0.4) is 0 Å². The van der Waals surface area contributed by atoms with Crippen LogP contribution < -0.4 is 9.47 Å². The van der Waals surface area contributed by atoms with E-state index in [1.165, 1.54) is 0 Å². The third-order valence-corrected chi connectivity index (χ3v) is 3.72. The highest BCUT2D eigenvalue weighted by Gasteiger charge is 2.02. The van der Waals surface area contributed by atoms with Crippen molar-refractivity contribution in [3.05, 3.63) is 95.1 Å². The molecule has 0 saturated heterocycles. The van der Waals surface area contributed by atoms with Gasteiger partial charge in [0.25, 0.3) is 0 Å². The molecule has 0 fully saturated rings. The maximum absolute atomic E-state index is 5.31. The molecular formula is C24H18O2. The van der Waals surface area contributed by atoms with Gasteiger partial charge < -0.3 is 9.47 Å². The van der Waals surface area contributed by atoms with Gasteiger partial charge in [-0.3, -0.25) is 0 Å². The molecule has 2 nitrogen and oxygen atoms in total. The Kier molecular flexibility index (Phi) is 5.61. The summed E-state index contributed by atoms with van der Waals surface area (Å²) in [6.45, 7) is 0. The van der Waals surface area contributed by atoms with E-state index in [-0.39, 0.29) is 0 Å². The summed E-state index contributed by atoms with van der Waals surface area (Å²) >= 11 is 0. The zero-order chi connectivity index (χ0) is 18.2. The summed E-state index contributed by atoms with van der Waals surface area (Å²) in [6, 6.07) is 23.5. The van der Waals surface area contributed by atoms with E-state index in [2.05, 4.69) is 23.7 Å². The van der Waals surface area contributed by atoms with Gasteiger partial charge in [-0.15, -0.1) is 0 Å². The fourth-order valence-electron chi connectivity index (χ4n) is 2.40. The van der Waals surface area contributed by atoms with Gasteiger partial charge in [-0.2, -0.15) is 0 Å². The maximum atomic E-state index is 5.31. The highest BCUT2D eigenvalue weighted by atomic mass is 16.5. The molecular weight excluding hydrogens is 320 g/mol. The summed E-state index contributed by atoms with van der Waals surface area (Å²) < 4.78 is 10.6. The zero-order valence-electron chi connectivity index (χ0n) is 14.7. The monoisotopic (exact) mass is 338 g/mol. The molecule has 0 spiro atoms. The Bertz CT molecular complexity index is 1010. The minimum atomic E-state index is 0.668. The molecule has 0 N–H and O–H groups in total. The van der Waals surface area contributed by atoms with Crippen LogP contribution in [0.2, 0.25) is 0 Å². The molecule has 0 aliphatic carbocycles. The Hall–Kier alpha value is -3.62. The van der Waals surface area contributed by atoms with E-state index in [1.54, 1.807) is 14.2 Å². The van der Waals surface area contributed by atoms with Crippen molar-refractivity contribution in [1.82, 2.24) is 0 Å². The lowest BCUT2D eigenvalue weighted by Crippen LogP contribution is -1.90. The molecule has 3 aromatic rings. The van der Waals surface area contributed by atoms with Crippen LogP contribution in [0.1, 0.15) is 22.3 Å². The summed E-state index contributed by atoms with van der Waals surface area (Å²) in [5.41, 5.74) is 3.71. The van der Waals surface area contributed by atoms with Crippen LogP contribution in [0.4, 0.5) is 0 Å². The first-order chi connectivity index (χ1) is 12.8. The Morgan fingerprint density at radius 1 is 0.500 bits per heavy atom. The number of ether oxygens (including phenoxy) is 2. The summed E-state index contributed by atoms with van der Waals surface area (Å²) in [4.78, 5) is 0. The van der Waals surface area contributed by atoms with E-state index >= 15 is 0 Å². The predicted octanol–water partition coefficient (Wildman–Crippen LogP) is 4.50. The SMILES string of the molecule is COc1ccc(C#Cc2cccc(C#Cc3ccccc3)c2)cc1OC. The van der Waals surface area contributed by atoms with Crippen LogP contribution in [0.25, 0.3) is 0 Å². The van der Waals surface area contributed by atoms with Gasteiger partial charge in [0.1, 0.15) is 0 Å². The molecule has 0 bridgehead atoms. The molecule has 0 unspecified atom stereocenters. The van der Waals surface area contributed by atoms with E-state index in [4.69, 9.17) is 9.47 Å². The lowest BCUT2D eigenvalue weighted by Gasteiger charge is -2.06. The van der Waals surface area contributed by atoms with Gasteiger partial charge in [-0.05, 0) is 48.5 Å². The van der Waals surface area contributed by atoms with Crippen molar-refractivity contribution < 1.29 is 9.47 Å². The molecule has 2 heteroatoms. The Labute approximate surface area is 154 Å². The van der Waals surface area contributed by atoms with E-state index in [0.29, 0.717) is 11.5 Å². The largest absolute Gasteiger partial charge is 0.493 e. The van der Waals surface area contributed by atoms with Crippen LogP contribution in [-0.4, -0.2) is 14.2 Å². The smallest absolute Gasteiger partial charge is 0.161 e. The van der Waals surface area contributed by atoms with Crippen molar-refractivity contribution in [3.63, 3.8) is 0 Å². The molecule has 26 heavy (non-hydrogen) atoms. The van der Waals surface area contributed by atoms with Gasteiger partial charge in [-0.25, -0.2) is 0 Å².